The SMILES string of the molecule is C/C=N\N(CC)C1CCOCC1. The lowest BCUT2D eigenvalue weighted by molar-refractivity contribution is 0.0371. The summed E-state index contributed by atoms with van der Waals surface area (Å²) in [6.07, 6.45) is 4.09. The number of hydrazone groups is 1. The van der Waals surface area contributed by atoms with Crippen LogP contribution in [-0.4, -0.2) is 37.0 Å². The molecule has 0 aromatic rings. The third-order valence-corrected chi connectivity index (χ3v) is 2.20. The van der Waals surface area contributed by atoms with Gasteiger partial charge in [0.2, 0.25) is 0 Å². The third-order valence-electron chi connectivity index (χ3n) is 2.20. The van der Waals surface area contributed by atoms with Crippen molar-refractivity contribution in [1.29, 1.82) is 0 Å². The Kier molecular flexibility index (Phi) is 4.08. The molecule has 0 aromatic carbocycles. The summed E-state index contributed by atoms with van der Waals surface area (Å²) < 4.78 is 5.29. The van der Waals surface area contributed by atoms with Gasteiger partial charge in [-0.3, -0.25) is 5.01 Å². The molecule has 0 spiro atoms. The van der Waals surface area contributed by atoms with Crippen LogP contribution in [0.4, 0.5) is 0 Å². The Morgan fingerprint density at radius 2 is 2.17 bits per heavy atom. The molecule has 0 unspecified atom stereocenters. The van der Waals surface area contributed by atoms with Gasteiger partial charge in [0, 0.05) is 26.0 Å². The number of ether oxygens (including phenoxy) is 1. The van der Waals surface area contributed by atoms with Crippen molar-refractivity contribution in [1.82, 2.24) is 5.01 Å². The summed E-state index contributed by atoms with van der Waals surface area (Å²) in [5, 5.41) is 6.47. The van der Waals surface area contributed by atoms with Crippen molar-refractivity contribution in [2.75, 3.05) is 19.8 Å². The van der Waals surface area contributed by atoms with E-state index in [1.807, 2.05) is 13.1 Å². The fourth-order valence-electron chi connectivity index (χ4n) is 1.57. The average molecular weight is 170 g/mol. The molecule has 1 aliphatic rings. The minimum atomic E-state index is 0.597. The van der Waals surface area contributed by atoms with Crippen LogP contribution < -0.4 is 0 Å². The fourth-order valence-corrected chi connectivity index (χ4v) is 1.57. The average Bonchev–Trinajstić information content (AvgIpc) is 2.15. The van der Waals surface area contributed by atoms with Crippen LogP contribution in [-0.2, 0) is 4.74 Å². The molecule has 0 N–H and O–H groups in total. The van der Waals surface area contributed by atoms with Crippen LogP contribution in [0.2, 0.25) is 0 Å². The maximum atomic E-state index is 5.29. The van der Waals surface area contributed by atoms with E-state index in [9.17, 15) is 0 Å². The Hall–Kier alpha value is -0.570. The Morgan fingerprint density at radius 3 is 2.67 bits per heavy atom. The van der Waals surface area contributed by atoms with E-state index >= 15 is 0 Å². The Labute approximate surface area is 74.4 Å². The molecule has 0 amide bonds. The molecule has 0 aromatic heterocycles. The van der Waals surface area contributed by atoms with Crippen molar-refractivity contribution in [3.05, 3.63) is 0 Å². The summed E-state index contributed by atoms with van der Waals surface area (Å²) >= 11 is 0. The highest BCUT2D eigenvalue weighted by atomic mass is 16.5. The second-order valence-electron chi connectivity index (χ2n) is 2.97. The Morgan fingerprint density at radius 1 is 1.50 bits per heavy atom. The summed E-state index contributed by atoms with van der Waals surface area (Å²) in [6.45, 7) is 6.88. The molecule has 1 heterocycles. The van der Waals surface area contributed by atoms with Crippen LogP contribution in [0.5, 0.6) is 0 Å². The van der Waals surface area contributed by atoms with Gasteiger partial charge in [0.25, 0.3) is 0 Å². The van der Waals surface area contributed by atoms with Gasteiger partial charge in [0.15, 0.2) is 0 Å². The molecule has 3 heteroatoms. The van der Waals surface area contributed by atoms with Gasteiger partial charge < -0.3 is 4.74 Å². The summed E-state index contributed by atoms with van der Waals surface area (Å²) in [5.41, 5.74) is 0. The van der Waals surface area contributed by atoms with E-state index in [0.29, 0.717) is 6.04 Å². The number of nitrogens with zero attached hydrogens (tertiary/aromatic N) is 2. The zero-order valence-electron chi connectivity index (χ0n) is 7.99. The number of rotatable bonds is 3. The van der Waals surface area contributed by atoms with Crippen molar-refractivity contribution in [2.45, 2.75) is 32.7 Å². The molecule has 3 nitrogen and oxygen atoms in total. The van der Waals surface area contributed by atoms with E-state index < -0.39 is 0 Å². The highest BCUT2D eigenvalue weighted by Gasteiger charge is 2.18. The molecule has 0 radical (unpaired) electrons. The summed E-state index contributed by atoms with van der Waals surface area (Å²) in [4.78, 5) is 0. The first-order valence-electron chi connectivity index (χ1n) is 4.71. The molecular formula is C9H18N2O. The first-order valence-corrected chi connectivity index (χ1v) is 4.71. The van der Waals surface area contributed by atoms with Crippen LogP contribution in [0.15, 0.2) is 5.10 Å². The largest absolute Gasteiger partial charge is 0.381 e. The van der Waals surface area contributed by atoms with Gasteiger partial charge in [0.1, 0.15) is 0 Å². The molecule has 1 fully saturated rings. The monoisotopic (exact) mass is 170 g/mol. The second-order valence-corrected chi connectivity index (χ2v) is 2.97. The van der Waals surface area contributed by atoms with Crippen LogP contribution in [0, 0.1) is 0 Å². The minimum Gasteiger partial charge on any atom is -0.381 e. The van der Waals surface area contributed by atoms with Gasteiger partial charge >= 0.3 is 0 Å². The van der Waals surface area contributed by atoms with E-state index in [-0.39, 0.29) is 0 Å². The van der Waals surface area contributed by atoms with Crippen LogP contribution in [0.1, 0.15) is 26.7 Å². The predicted octanol–water partition coefficient (Wildman–Crippen LogP) is 1.49. The third kappa shape index (κ3) is 2.48. The number of hydrogen-bond donors (Lipinski definition) is 0. The normalized spacial score (nSPS) is 20.2. The zero-order chi connectivity index (χ0) is 8.81. The quantitative estimate of drug-likeness (QED) is 0.473. The van der Waals surface area contributed by atoms with Crippen molar-refractivity contribution in [3.63, 3.8) is 0 Å². The first-order chi connectivity index (χ1) is 5.88. The summed E-state index contributed by atoms with van der Waals surface area (Å²) in [7, 11) is 0. The molecule has 1 aliphatic heterocycles. The summed E-state index contributed by atoms with van der Waals surface area (Å²) in [6, 6.07) is 0.597. The fraction of sp³-hybridized carbons (Fsp3) is 0.889. The smallest absolute Gasteiger partial charge is 0.0514 e. The van der Waals surface area contributed by atoms with Crippen molar-refractivity contribution >= 4 is 6.21 Å². The maximum absolute atomic E-state index is 5.29. The zero-order valence-corrected chi connectivity index (χ0v) is 7.99. The number of hydrogen-bond acceptors (Lipinski definition) is 3. The van der Waals surface area contributed by atoms with Gasteiger partial charge in [-0.1, -0.05) is 0 Å². The summed E-state index contributed by atoms with van der Waals surface area (Å²) in [5.74, 6) is 0. The highest BCUT2D eigenvalue weighted by Crippen LogP contribution is 2.13. The predicted molar refractivity (Wildman–Crippen MR) is 50.4 cm³/mol. The van der Waals surface area contributed by atoms with E-state index in [2.05, 4.69) is 17.0 Å². The molecule has 0 saturated carbocycles. The van der Waals surface area contributed by atoms with Crippen LogP contribution in [0.3, 0.4) is 0 Å². The van der Waals surface area contributed by atoms with Crippen LogP contribution in [0.25, 0.3) is 0 Å². The topological polar surface area (TPSA) is 24.8 Å². The Balaban J connectivity index is 2.40. The molecule has 0 bridgehead atoms. The molecular weight excluding hydrogens is 152 g/mol. The van der Waals surface area contributed by atoms with E-state index in [1.165, 1.54) is 0 Å². The second kappa shape index (κ2) is 5.14. The molecule has 0 aliphatic carbocycles. The minimum absolute atomic E-state index is 0.597. The van der Waals surface area contributed by atoms with Crippen molar-refractivity contribution in [2.24, 2.45) is 5.10 Å². The van der Waals surface area contributed by atoms with Crippen molar-refractivity contribution < 1.29 is 4.74 Å². The van der Waals surface area contributed by atoms with E-state index in [1.54, 1.807) is 0 Å². The van der Waals surface area contributed by atoms with Gasteiger partial charge in [-0.05, 0) is 26.7 Å². The van der Waals surface area contributed by atoms with Gasteiger partial charge in [0.05, 0.1) is 6.04 Å². The molecule has 1 saturated heterocycles. The lowest BCUT2D eigenvalue weighted by Gasteiger charge is -2.31. The Bertz CT molecular complexity index is 141. The van der Waals surface area contributed by atoms with Gasteiger partial charge in [-0.2, -0.15) is 5.10 Å². The molecule has 1 rings (SSSR count). The van der Waals surface area contributed by atoms with Gasteiger partial charge in [-0.15, -0.1) is 0 Å². The molecule has 12 heavy (non-hydrogen) atoms. The standard InChI is InChI=1S/C9H18N2O/c1-3-10-11(4-2)9-5-7-12-8-6-9/h3,9H,4-8H2,1-2H3/b10-3-. The van der Waals surface area contributed by atoms with E-state index in [4.69, 9.17) is 4.74 Å². The molecule has 0 atom stereocenters. The highest BCUT2D eigenvalue weighted by molar-refractivity contribution is 5.52. The van der Waals surface area contributed by atoms with Crippen molar-refractivity contribution in [3.8, 4) is 0 Å². The van der Waals surface area contributed by atoms with Crippen LogP contribution >= 0.6 is 0 Å². The lowest BCUT2D eigenvalue weighted by atomic mass is 10.1. The van der Waals surface area contributed by atoms with Gasteiger partial charge in [-0.25, -0.2) is 0 Å². The lowest BCUT2D eigenvalue weighted by Crippen LogP contribution is -2.35. The van der Waals surface area contributed by atoms with E-state index in [0.717, 1.165) is 32.6 Å². The first kappa shape index (κ1) is 9.52. The maximum Gasteiger partial charge on any atom is 0.0514 e. The molecule has 70 valence electrons.